The van der Waals surface area contributed by atoms with Gasteiger partial charge < -0.3 is 5.21 Å². The van der Waals surface area contributed by atoms with Crippen LogP contribution in [0.5, 0.6) is 0 Å². The molecule has 0 aliphatic heterocycles. The molecule has 0 aromatic heterocycles. The number of rotatable bonds is 24. The molecular formula is C26H55NO. The highest BCUT2D eigenvalue weighted by molar-refractivity contribution is 4.63. The molecule has 0 heterocycles. The van der Waals surface area contributed by atoms with Gasteiger partial charge in [0.05, 0.1) is 0 Å². The Kier molecular flexibility index (Phi) is 24.9. The third-order valence-electron chi connectivity index (χ3n) is 6.24. The van der Waals surface area contributed by atoms with Crippen LogP contribution in [0.4, 0.5) is 0 Å². The van der Waals surface area contributed by atoms with Crippen LogP contribution >= 0.6 is 0 Å². The number of hydrogen-bond acceptors (Lipinski definition) is 2. The molecule has 0 aliphatic rings. The van der Waals surface area contributed by atoms with Crippen LogP contribution in [0.25, 0.3) is 0 Å². The van der Waals surface area contributed by atoms with Gasteiger partial charge in [-0.15, -0.1) is 0 Å². The van der Waals surface area contributed by atoms with Gasteiger partial charge in [0.1, 0.15) is 0 Å². The van der Waals surface area contributed by atoms with Crippen molar-refractivity contribution < 1.29 is 5.21 Å². The highest BCUT2D eigenvalue weighted by Gasteiger charge is 2.06. The number of unbranched alkanes of at least 4 members (excludes halogenated alkanes) is 19. The van der Waals surface area contributed by atoms with Gasteiger partial charge in [0.2, 0.25) is 0 Å². The molecule has 2 nitrogen and oxygen atoms in total. The second-order valence-corrected chi connectivity index (χ2v) is 9.12. The second kappa shape index (κ2) is 25.0. The third kappa shape index (κ3) is 22.2. The van der Waals surface area contributed by atoms with Crippen LogP contribution in [-0.2, 0) is 0 Å². The van der Waals surface area contributed by atoms with Crippen molar-refractivity contribution in [2.45, 2.75) is 168 Å². The fourth-order valence-corrected chi connectivity index (χ4v) is 4.21. The van der Waals surface area contributed by atoms with E-state index in [-0.39, 0.29) is 0 Å². The van der Waals surface area contributed by atoms with Crippen molar-refractivity contribution in [3.8, 4) is 0 Å². The van der Waals surface area contributed by atoms with E-state index in [1.54, 1.807) is 0 Å². The van der Waals surface area contributed by atoms with Gasteiger partial charge in [-0.25, -0.2) is 5.48 Å². The molecule has 0 amide bonds. The van der Waals surface area contributed by atoms with E-state index in [4.69, 9.17) is 0 Å². The van der Waals surface area contributed by atoms with Crippen molar-refractivity contribution in [1.82, 2.24) is 5.48 Å². The van der Waals surface area contributed by atoms with Gasteiger partial charge in [-0.3, -0.25) is 0 Å². The van der Waals surface area contributed by atoms with Gasteiger partial charge in [-0.1, -0.05) is 149 Å². The first-order valence-corrected chi connectivity index (χ1v) is 13.2. The third-order valence-corrected chi connectivity index (χ3v) is 6.24. The SMILES string of the molecule is CCCCCCCCCCCCCC(CCCCCCCCCCCC)NO. The molecule has 0 aromatic rings. The van der Waals surface area contributed by atoms with Crippen molar-refractivity contribution in [3.63, 3.8) is 0 Å². The molecule has 0 saturated heterocycles. The summed E-state index contributed by atoms with van der Waals surface area (Å²) in [7, 11) is 0. The summed E-state index contributed by atoms with van der Waals surface area (Å²) < 4.78 is 0. The van der Waals surface area contributed by atoms with Crippen molar-refractivity contribution in [2.24, 2.45) is 0 Å². The largest absolute Gasteiger partial charge is 0.317 e. The normalized spacial score (nSPS) is 12.5. The summed E-state index contributed by atoms with van der Waals surface area (Å²) in [6, 6.07) is 0.326. The van der Waals surface area contributed by atoms with Crippen molar-refractivity contribution in [1.29, 1.82) is 0 Å². The predicted octanol–water partition coefficient (Wildman–Crippen LogP) is 9.35. The van der Waals surface area contributed by atoms with Gasteiger partial charge in [0, 0.05) is 6.04 Å². The molecule has 2 N–H and O–H groups in total. The van der Waals surface area contributed by atoms with Crippen LogP contribution in [0.2, 0.25) is 0 Å². The van der Waals surface area contributed by atoms with E-state index >= 15 is 0 Å². The van der Waals surface area contributed by atoms with Crippen LogP contribution in [-0.4, -0.2) is 11.2 Å². The number of hydroxylamine groups is 1. The van der Waals surface area contributed by atoms with Gasteiger partial charge in [-0.05, 0) is 12.8 Å². The zero-order valence-corrected chi connectivity index (χ0v) is 19.8. The summed E-state index contributed by atoms with van der Waals surface area (Å²) in [4.78, 5) is 0. The Morgan fingerprint density at radius 3 is 0.929 bits per heavy atom. The number of nitrogens with one attached hydrogen (secondary N) is 1. The molecule has 170 valence electrons. The van der Waals surface area contributed by atoms with Gasteiger partial charge in [0.15, 0.2) is 0 Å². The lowest BCUT2D eigenvalue weighted by molar-refractivity contribution is 0.114. The average molecular weight is 398 g/mol. The van der Waals surface area contributed by atoms with Crippen LogP contribution in [0.15, 0.2) is 0 Å². The molecule has 2 heteroatoms. The summed E-state index contributed by atoms with van der Waals surface area (Å²) in [5, 5.41) is 9.38. The average Bonchev–Trinajstić information content (AvgIpc) is 2.71. The monoisotopic (exact) mass is 397 g/mol. The molecule has 28 heavy (non-hydrogen) atoms. The molecule has 0 bridgehead atoms. The highest BCUT2D eigenvalue weighted by Crippen LogP contribution is 2.16. The molecule has 1 unspecified atom stereocenters. The molecular weight excluding hydrogens is 342 g/mol. The lowest BCUT2D eigenvalue weighted by Gasteiger charge is -2.14. The van der Waals surface area contributed by atoms with Gasteiger partial charge in [0.25, 0.3) is 0 Å². The molecule has 0 fully saturated rings. The molecule has 0 saturated carbocycles. The van der Waals surface area contributed by atoms with E-state index < -0.39 is 0 Å². The van der Waals surface area contributed by atoms with Crippen LogP contribution in [0.1, 0.15) is 162 Å². The molecule has 0 radical (unpaired) electrons. The van der Waals surface area contributed by atoms with E-state index in [0.717, 1.165) is 12.8 Å². The predicted molar refractivity (Wildman–Crippen MR) is 126 cm³/mol. The maximum atomic E-state index is 9.38. The molecule has 0 rings (SSSR count). The Balaban J connectivity index is 3.27. The summed E-state index contributed by atoms with van der Waals surface area (Å²) in [6.45, 7) is 4.57. The molecule has 0 aromatic carbocycles. The van der Waals surface area contributed by atoms with E-state index in [0.29, 0.717) is 6.04 Å². The smallest absolute Gasteiger partial charge is 0.0319 e. The maximum absolute atomic E-state index is 9.38. The minimum atomic E-state index is 0.326. The van der Waals surface area contributed by atoms with Crippen molar-refractivity contribution >= 4 is 0 Å². The van der Waals surface area contributed by atoms with E-state index in [1.165, 1.54) is 135 Å². The zero-order valence-electron chi connectivity index (χ0n) is 19.8. The molecule has 0 aliphatic carbocycles. The molecule has 0 spiro atoms. The fourth-order valence-electron chi connectivity index (χ4n) is 4.21. The lowest BCUT2D eigenvalue weighted by atomic mass is 10.00. The number of hydrogen-bond donors (Lipinski definition) is 2. The Hall–Kier alpha value is -0.0800. The minimum Gasteiger partial charge on any atom is -0.317 e. The highest BCUT2D eigenvalue weighted by atomic mass is 16.5. The summed E-state index contributed by atoms with van der Waals surface area (Å²) in [5.41, 5.74) is 2.57. The Bertz CT molecular complexity index is 269. The second-order valence-electron chi connectivity index (χ2n) is 9.12. The van der Waals surface area contributed by atoms with Gasteiger partial charge in [-0.2, -0.15) is 0 Å². The molecule has 1 atom stereocenters. The Morgan fingerprint density at radius 1 is 0.429 bits per heavy atom. The Labute approximate surface area is 178 Å². The first kappa shape index (κ1) is 27.9. The van der Waals surface area contributed by atoms with Crippen molar-refractivity contribution in [3.05, 3.63) is 0 Å². The minimum absolute atomic E-state index is 0.326. The summed E-state index contributed by atoms with van der Waals surface area (Å²) >= 11 is 0. The van der Waals surface area contributed by atoms with Gasteiger partial charge >= 0.3 is 0 Å². The van der Waals surface area contributed by atoms with Crippen molar-refractivity contribution in [2.75, 3.05) is 0 Å². The van der Waals surface area contributed by atoms with E-state index in [2.05, 4.69) is 19.3 Å². The quantitative estimate of drug-likeness (QED) is 0.125. The standard InChI is InChI=1S/C26H55NO/c1-3-5-7-9-11-13-15-17-19-21-23-25-26(27-28)24-22-20-18-16-14-12-10-8-6-4-2/h26-28H,3-25H2,1-2H3. The first-order chi connectivity index (χ1) is 13.8. The summed E-state index contributed by atoms with van der Waals surface area (Å²) in [5.74, 6) is 0. The maximum Gasteiger partial charge on any atom is 0.0319 e. The first-order valence-electron chi connectivity index (χ1n) is 13.2. The lowest BCUT2D eigenvalue weighted by Crippen LogP contribution is -2.25. The fraction of sp³-hybridized carbons (Fsp3) is 1.00. The summed E-state index contributed by atoms with van der Waals surface area (Å²) in [6.07, 6.45) is 31.5. The van der Waals surface area contributed by atoms with Crippen LogP contribution < -0.4 is 5.48 Å². The van der Waals surface area contributed by atoms with E-state index in [1.807, 2.05) is 0 Å². The van der Waals surface area contributed by atoms with Crippen LogP contribution in [0, 0.1) is 0 Å². The van der Waals surface area contributed by atoms with Crippen LogP contribution in [0.3, 0.4) is 0 Å². The zero-order chi connectivity index (χ0) is 20.5. The Morgan fingerprint density at radius 2 is 0.679 bits per heavy atom. The van der Waals surface area contributed by atoms with E-state index in [9.17, 15) is 5.21 Å². The topological polar surface area (TPSA) is 32.3 Å².